The number of hydrogen-bond acceptors (Lipinski definition) is 4. The first kappa shape index (κ1) is 13.9. The van der Waals surface area contributed by atoms with Crippen LogP contribution in [0.3, 0.4) is 0 Å². The fourth-order valence-electron chi connectivity index (χ4n) is 1.98. The van der Waals surface area contributed by atoms with Crippen molar-refractivity contribution in [2.75, 3.05) is 0 Å². The molecule has 0 saturated carbocycles. The molecule has 1 aliphatic carbocycles. The van der Waals surface area contributed by atoms with Crippen LogP contribution in [-0.2, 0) is 9.53 Å². The summed E-state index contributed by atoms with van der Waals surface area (Å²) in [6.45, 7) is 3.35. The highest BCUT2D eigenvalue weighted by molar-refractivity contribution is 6.27. The second-order valence-corrected chi connectivity index (χ2v) is 4.27. The van der Waals surface area contributed by atoms with Crippen LogP contribution in [0.25, 0.3) is 0 Å². The molecule has 2 rings (SSSR count). The van der Waals surface area contributed by atoms with Gasteiger partial charge in [0.2, 0.25) is 5.78 Å². The number of esters is 1. The normalized spacial score (nSPS) is 14.7. The number of carbonyl (C=O) groups is 3. The van der Waals surface area contributed by atoms with Crippen LogP contribution in [0.15, 0.2) is 47.7 Å². The third-order valence-corrected chi connectivity index (χ3v) is 2.95. The van der Waals surface area contributed by atoms with Crippen LogP contribution >= 0.6 is 0 Å². The summed E-state index contributed by atoms with van der Waals surface area (Å²) in [5, 5.41) is 0. The second kappa shape index (κ2) is 5.65. The molecule has 0 saturated heterocycles. The first-order valence-electron chi connectivity index (χ1n) is 6.36. The van der Waals surface area contributed by atoms with Crippen LogP contribution in [-0.4, -0.2) is 17.5 Å². The third-order valence-electron chi connectivity index (χ3n) is 2.95. The monoisotopic (exact) mass is 270 g/mol. The third kappa shape index (κ3) is 2.32. The zero-order valence-corrected chi connectivity index (χ0v) is 11.3. The zero-order chi connectivity index (χ0) is 14.7. The summed E-state index contributed by atoms with van der Waals surface area (Å²) < 4.78 is 5.06. The second-order valence-electron chi connectivity index (χ2n) is 4.27. The van der Waals surface area contributed by atoms with E-state index in [0.29, 0.717) is 5.56 Å². The maximum absolute atomic E-state index is 12.4. The quantitative estimate of drug-likeness (QED) is 0.792. The van der Waals surface area contributed by atoms with Gasteiger partial charge in [-0.15, -0.1) is 0 Å². The first-order chi connectivity index (χ1) is 9.60. The highest BCUT2D eigenvalue weighted by atomic mass is 16.5. The maximum atomic E-state index is 12.4. The van der Waals surface area contributed by atoms with Crippen molar-refractivity contribution in [3.05, 3.63) is 58.9 Å². The Hall–Kier alpha value is -2.49. The van der Waals surface area contributed by atoms with Crippen molar-refractivity contribution < 1.29 is 19.1 Å². The molecule has 4 nitrogen and oxygen atoms in total. The SMILES string of the molecule is C/C=C/C1=C(OC(=O)CC)C(=O)c2ccccc2C1=O. The van der Waals surface area contributed by atoms with Gasteiger partial charge in [-0.25, -0.2) is 0 Å². The summed E-state index contributed by atoms with van der Waals surface area (Å²) in [6, 6.07) is 6.52. The summed E-state index contributed by atoms with van der Waals surface area (Å²) in [4.78, 5) is 36.2. The van der Waals surface area contributed by atoms with Crippen LogP contribution in [0.4, 0.5) is 0 Å². The van der Waals surface area contributed by atoms with Crippen molar-refractivity contribution >= 4 is 17.5 Å². The summed E-state index contributed by atoms with van der Waals surface area (Å²) in [5.74, 6) is -1.46. The largest absolute Gasteiger partial charge is 0.422 e. The molecule has 0 radical (unpaired) electrons. The van der Waals surface area contributed by atoms with Crippen molar-refractivity contribution in [2.24, 2.45) is 0 Å². The molecule has 0 bridgehead atoms. The van der Waals surface area contributed by atoms with Gasteiger partial charge in [0.05, 0.1) is 5.57 Å². The van der Waals surface area contributed by atoms with E-state index in [9.17, 15) is 14.4 Å². The minimum atomic E-state index is -0.539. The zero-order valence-electron chi connectivity index (χ0n) is 11.3. The molecule has 4 heteroatoms. The predicted molar refractivity (Wildman–Crippen MR) is 73.3 cm³/mol. The molecule has 20 heavy (non-hydrogen) atoms. The molecule has 1 aromatic carbocycles. The molecular weight excluding hydrogens is 256 g/mol. The number of rotatable bonds is 3. The lowest BCUT2D eigenvalue weighted by molar-refractivity contribution is -0.138. The number of carbonyl (C=O) groups excluding carboxylic acids is 3. The highest BCUT2D eigenvalue weighted by Crippen LogP contribution is 2.28. The molecule has 0 spiro atoms. The Morgan fingerprint density at radius 1 is 1.15 bits per heavy atom. The van der Waals surface area contributed by atoms with Gasteiger partial charge < -0.3 is 4.74 Å². The summed E-state index contributed by atoms with van der Waals surface area (Å²) in [5.41, 5.74) is 0.726. The molecule has 0 N–H and O–H groups in total. The van der Waals surface area contributed by atoms with Crippen LogP contribution in [0.5, 0.6) is 0 Å². The van der Waals surface area contributed by atoms with E-state index < -0.39 is 11.8 Å². The van der Waals surface area contributed by atoms with Crippen molar-refractivity contribution in [3.8, 4) is 0 Å². The molecule has 0 fully saturated rings. The fraction of sp³-hybridized carbons (Fsp3) is 0.188. The van der Waals surface area contributed by atoms with Gasteiger partial charge in [-0.2, -0.15) is 0 Å². The number of fused-ring (bicyclic) bond motifs is 1. The van der Waals surface area contributed by atoms with Gasteiger partial charge >= 0.3 is 5.97 Å². The molecule has 1 aromatic rings. The van der Waals surface area contributed by atoms with Gasteiger partial charge in [-0.05, 0) is 6.92 Å². The molecule has 102 valence electrons. The Morgan fingerprint density at radius 3 is 2.30 bits per heavy atom. The number of allylic oxidation sites excluding steroid dienone is 4. The average Bonchev–Trinajstić information content (AvgIpc) is 2.48. The summed E-state index contributed by atoms with van der Waals surface area (Å²) in [6.07, 6.45) is 3.26. The van der Waals surface area contributed by atoms with E-state index >= 15 is 0 Å². The van der Waals surface area contributed by atoms with E-state index in [2.05, 4.69) is 0 Å². The molecule has 0 amide bonds. The van der Waals surface area contributed by atoms with E-state index in [-0.39, 0.29) is 29.1 Å². The Bertz CT molecular complexity index is 650. The molecule has 1 aliphatic rings. The summed E-state index contributed by atoms with van der Waals surface area (Å²) in [7, 11) is 0. The van der Waals surface area contributed by atoms with Gasteiger partial charge in [-0.1, -0.05) is 43.3 Å². The van der Waals surface area contributed by atoms with E-state index in [1.165, 1.54) is 6.08 Å². The smallest absolute Gasteiger partial charge is 0.311 e. The fourth-order valence-corrected chi connectivity index (χ4v) is 1.98. The van der Waals surface area contributed by atoms with Crippen molar-refractivity contribution in [2.45, 2.75) is 20.3 Å². The molecular formula is C16H14O4. The molecule has 0 aromatic heterocycles. The molecule has 0 aliphatic heterocycles. The minimum absolute atomic E-state index is 0.123. The molecule has 0 unspecified atom stereocenters. The lowest BCUT2D eigenvalue weighted by Crippen LogP contribution is -2.24. The first-order valence-corrected chi connectivity index (χ1v) is 6.36. The van der Waals surface area contributed by atoms with Crippen molar-refractivity contribution in [1.29, 1.82) is 0 Å². The van der Waals surface area contributed by atoms with Gasteiger partial charge in [0.25, 0.3) is 0 Å². The predicted octanol–water partition coefficient (Wildman–Crippen LogP) is 2.85. The topological polar surface area (TPSA) is 60.4 Å². The van der Waals surface area contributed by atoms with Crippen molar-refractivity contribution in [1.82, 2.24) is 0 Å². The lowest BCUT2D eigenvalue weighted by Gasteiger charge is -2.18. The number of benzene rings is 1. The highest BCUT2D eigenvalue weighted by Gasteiger charge is 2.33. The van der Waals surface area contributed by atoms with Crippen LogP contribution in [0, 0.1) is 0 Å². The minimum Gasteiger partial charge on any atom is -0.422 e. The van der Waals surface area contributed by atoms with Crippen LogP contribution in [0.2, 0.25) is 0 Å². The number of hydrogen-bond donors (Lipinski definition) is 0. The van der Waals surface area contributed by atoms with E-state index in [1.807, 2.05) is 0 Å². The van der Waals surface area contributed by atoms with E-state index in [1.54, 1.807) is 44.2 Å². The Kier molecular flexibility index (Phi) is 3.94. The van der Waals surface area contributed by atoms with Gasteiger partial charge in [0.15, 0.2) is 11.5 Å². The summed E-state index contributed by atoms with van der Waals surface area (Å²) >= 11 is 0. The Labute approximate surface area is 116 Å². The van der Waals surface area contributed by atoms with E-state index in [4.69, 9.17) is 4.74 Å². The van der Waals surface area contributed by atoms with Crippen molar-refractivity contribution in [3.63, 3.8) is 0 Å². The van der Waals surface area contributed by atoms with Gasteiger partial charge in [0, 0.05) is 17.5 Å². The Balaban J connectivity index is 2.59. The van der Waals surface area contributed by atoms with Gasteiger partial charge in [-0.3, -0.25) is 14.4 Å². The van der Waals surface area contributed by atoms with Gasteiger partial charge in [0.1, 0.15) is 0 Å². The standard InChI is InChI=1S/C16H14O4/c1-3-7-12-14(18)10-8-5-6-9-11(10)15(19)16(12)20-13(17)4-2/h3,5-9H,4H2,1-2H3/b7-3+. The molecule has 0 heterocycles. The van der Waals surface area contributed by atoms with Crippen LogP contribution < -0.4 is 0 Å². The van der Waals surface area contributed by atoms with E-state index in [0.717, 1.165) is 0 Å². The number of ketones is 2. The average molecular weight is 270 g/mol. The lowest BCUT2D eigenvalue weighted by atomic mass is 9.88. The number of Topliss-reactive ketones (excluding diaryl/α,β-unsaturated/α-hetero) is 2. The number of ether oxygens (including phenoxy) is 1. The molecule has 0 atom stereocenters. The Morgan fingerprint density at radius 2 is 1.75 bits per heavy atom. The maximum Gasteiger partial charge on any atom is 0.311 e. The van der Waals surface area contributed by atoms with Crippen LogP contribution in [0.1, 0.15) is 41.0 Å².